The van der Waals surface area contributed by atoms with Gasteiger partial charge in [-0.1, -0.05) is 32.9 Å². The normalized spacial score (nSPS) is 15.8. The quantitative estimate of drug-likeness (QED) is 0.471. The lowest BCUT2D eigenvalue weighted by Crippen LogP contribution is -2.10. The number of allylic oxidation sites excluding steroid dienone is 2. The SMILES string of the molecule is COC(=O)c1c(C)[nH]c(C(Oc2ccc(C(C)(C)C)cc2)=C2N=C(C)C(F)=C2C)c1C. The van der Waals surface area contributed by atoms with Gasteiger partial charge in [0.25, 0.3) is 0 Å². The van der Waals surface area contributed by atoms with E-state index < -0.39 is 5.97 Å². The first-order valence-corrected chi connectivity index (χ1v) is 10.2. The first-order chi connectivity index (χ1) is 14.5. The molecule has 0 fully saturated rings. The van der Waals surface area contributed by atoms with Crippen LogP contribution in [-0.4, -0.2) is 23.8 Å². The van der Waals surface area contributed by atoms with E-state index in [0.29, 0.717) is 51.0 Å². The summed E-state index contributed by atoms with van der Waals surface area (Å²) in [6.45, 7) is 13.3. The molecule has 0 spiro atoms. The Bertz CT molecular complexity index is 1130. The van der Waals surface area contributed by atoms with Crippen molar-refractivity contribution >= 4 is 17.4 Å². The summed E-state index contributed by atoms with van der Waals surface area (Å²) in [5.74, 6) is 0.146. The van der Waals surface area contributed by atoms with Gasteiger partial charge in [-0.15, -0.1) is 0 Å². The van der Waals surface area contributed by atoms with Crippen LogP contribution < -0.4 is 4.74 Å². The fraction of sp³-hybridized carbons (Fsp3) is 0.360. The Kier molecular flexibility index (Phi) is 5.94. The molecule has 3 rings (SSSR count). The lowest BCUT2D eigenvalue weighted by Gasteiger charge is -2.19. The van der Waals surface area contributed by atoms with Crippen LogP contribution in [0, 0.1) is 13.8 Å². The minimum Gasteiger partial charge on any atom is -0.465 e. The van der Waals surface area contributed by atoms with E-state index in [1.54, 1.807) is 27.7 Å². The number of esters is 1. The van der Waals surface area contributed by atoms with Crippen LogP contribution in [-0.2, 0) is 10.2 Å². The second kappa shape index (κ2) is 8.17. The van der Waals surface area contributed by atoms with Crippen molar-refractivity contribution < 1.29 is 18.7 Å². The number of hydrogen-bond acceptors (Lipinski definition) is 4. The summed E-state index contributed by atoms with van der Waals surface area (Å²) < 4.78 is 25.7. The number of H-pyrrole nitrogens is 1. The van der Waals surface area contributed by atoms with Gasteiger partial charge in [-0.2, -0.15) is 0 Å². The van der Waals surface area contributed by atoms with Gasteiger partial charge in [0.15, 0.2) is 5.76 Å². The molecule has 0 saturated heterocycles. The number of methoxy groups -OCH3 is 1. The van der Waals surface area contributed by atoms with Crippen LogP contribution in [0.15, 0.2) is 46.4 Å². The number of ether oxygens (including phenoxy) is 2. The third-order valence-electron chi connectivity index (χ3n) is 5.49. The van der Waals surface area contributed by atoms with E-state index in [2.05, 4.69) is 30.7 Å². The summed E-state index contributed by atoms with van der Waals surface area (Å²) in [7, 11) is 1.34. The average molecular weight is 425 g/mol. The molecule has 2 heterocycles. The van der Waals surface area contributed by atoms with Crippen molar-refractivity contribution in [2.45, 2.75) is 53.9 Å². The Morgan fingerprint density at radius 2 is 1.68 bits per heavy atom. The van der Waals surface area contributed by atoms with Crippen molar-refractivity contribution in [3.63, 3.8) is 0 Å². The standard InChI is InChI=1S/C25H29FN2O3/c1-13-19(24(29)30-8)15(3)27-21(13)23(22-14(2)20(26)16(4)28-22)31-18-11-9-17(10-12-18)25(5,6)7/h9-12,27H,1-8H3. The van der Waals surface area contributed by atoms with Crippen molar-refractivity contribution in [3.05, 3.63) is 69.4 Å². The number of aliphatic imine (C=N–C) groups is 1. The predicted octanol–water partition coefficient (Wildman–Crippen LogP) is 6.18. The molecule has 1 aromatic carbocycles. The summed E-state index contributed by atoms with van der Waals surface area (Å²) in [6.07, 6.45) is 0. The van der Waals surface area contributed by atoms with Crippen molar-refractivity contribution in [1.29, 1.82) is 0 Å². The first kappa shape index (κ1) is 22.5. The second-order valence-corrected chi connectivity index (χ2v) is 8.81. The van der Waals surface area contributed by atoms with Gasteiger partial charge in [-0.25, -0.2) is 14.2 Å². The summed E-state index contributed by atoms with van der Waals surface area (Å²) >= 11 is 0. The first-order valence-electron chi connectivity index (χ1n) is 10.2. The lowest BCUT2D eigenvalue weighted by molar-refractivity contribution is 0.0599. The van der Waals surface area contributed by atoms with E-state index in [4.69, 9.17) is 9.47 Å². The largest absolute Gasteiger partial charge is 0.465 e. The maximum absolute atomic E-state index is 14.5. The molecule has 0 bridgehead atoms. The van der Waals surface area contributed by atoms with Crippen molar-refractivity contribution in [2.75, 3.05) is 7.11 Å². The monoisotopic (exact) mass is 424 g/mol. The third-order valence-corrected chi connectivity index (χ3v) is 5.49. The fourth-order valence-corrected chi connectivity index (χ4v) is 3.64. The smallest absolute Gasteiger partial charge is 0.339 e. The zero-order valence-electron chi connectivity index (χ0n) is 19.4. The number of carbonyl (C=O) groups is 1. The Morgan fingerprint density at radius 3 is 2.16 bits per heavy atom. The maximum Gasteiger partial charge on any atom is 0.339 e. The number of nitrogens with zero attached hydrogens (tertiary/aromatic N) is 1. The van der Waals surface area contributed by atoms with Crippen LogP contribution >= 0.6 is 0 Å². The lowest BCUT2D eigenvalue weighted by atomic mass is 9.87. The molecular weight excluding hydrogens is 395 g/mol. The molecule has 1 N–H and O–H groups in total. The minimum atomic E-state index is -0.444. The zero-order valence-corrected chi connectivity index (χ0v) is 19.4. The van der Waals surface area contributed by atoms with Gasteiger partial charge in [0.2, 0.25) is 0 Å². The van der Waals surface area contributed by atoms with Gasteiger partial charge in [0, 0.05) is 11.3 Å². The van der Waals surface area contributed by atoms with Crippen molar-refractivity contribution in [2.24, 2.45) is 4.99 Å². The van der Waals surface area contributed by atoms with E-state index >= 15 is 0 Å². The number of nitrogens with one attached hydrogen (secondary N) is 1. The highest BCUT2D eigenvalue weighted by Gasteiger charge is 2.28. The fourth-order valence-electron chi connectivity index (χ4n) is 3.64. The molecule has 0 amide bonds. The molecule has 5 nitrogen and oxygen atoms in total. The Labute approximate surface area is 182 Å². The molecule has 2 aromatic rings. The van der Waals surface area contributed by atoms with Gasteiger partial charge in [-0.3, -0.25) is 0 Å². The van der Waals surface area contributed by atoms with Gasteiger partial charge < -0.3 is 14.5 Å². The van der Waals surface area contributed by atoms with Crippen LogP contribution in [0.3, 0.4) is 0 Å². The Balaban J connectivity index is 2.17. The van der Waals surface area contributed by atoms with Crippen molar-refractivity contribution in [1.82, 2.24) is 4.98 Å². The molecule has 6 heteroatoms. The number of aromatic nitrogens is 1. The zero-order chi connectivity index (χ0) is 23.1. The van der Waals surface area contributed by atoms with E-state index in [9.17, 15) is 9.18 Å². The number of carbonyl (C=O) groups excluding carboxylic acids is 1. The highest BCUT2D eigenvalue weighted by atomic mass is 19.1. The van der Waals surface area contributed by atoms with E-state index in [-0.39, 0.29) is 11.2 Å². The summed E-state index contributed by atoms with van der Waals surface area (Å²) in [4.78, 5) is 19.9. The number of aromatic amines is 1. The molecule has 164 valence electrons. The molecule has 0 atom stereocenters. The summed E-state index contributed by atoms with van der Waals surface area (Å²) in [5.41, 5.74) is 4.58. The predicted molar refractivity (Wildman–Crippen MR) is 121 cm³/mol. The molecule has 0 saturated carbocycles. The molecule has 1 aliphatic heterocycles. The Hall–Kier alpha value is -3.15. The number of rotatable bonds is 4. The molecule has 1 aliphatic rings. The van der Waals surface area contributed by atoms with Crippen molar-refractivity contribution in [3.8, 4) is 5.75 Å². The average Bonchev–Trinajstić information content (AvgIpc) is 3.15. The summed E-state index contributed by atoms with van der Waals surface area (Å²) in [5, 5.41) is 0. The third kappa shape index (κ3) is 4.20. The van der Waals surface area contributed by atoms with Gasteiger partial charge >= 0.3 is 5.97 Å². The van der Waals surface area contributed by atoms with E-state index in [0.717, 1.165) is 0 Å². The highest BCUT2D eigenvalue weighted by Crippen LogP contribution is 2.36. The highest BCUT2D eigenvalue weighted by molar-refractivity contribution is 6.02. The van der Waals surface area contributed by atoms with E-state index in [1.807, 2.05) is 24.3 Å². The van der Waals surface area contributed by atoms with E-state index in [1.165, 1.54) is 12.7 Å². The van der Waals surface area contributed by atoms with Crippen LogP contribution in [0.4, 0.5) is 4.39 Å². The van der Waals surface area contributed by atoms with Crippen LogP contribution in [0.5, 0.6) is 5.75 Å². The number of benzene rings is 1. The number of halogens is 1. The molecule has 0 unspecified atom stereocenters. The van der Waals surface area contributed by atoms with Crippen LogP contribution in [0.2, 0.25) is 0 Å². The second-order valence-electron chi connectivity index (χ2n) is 8.81. The maximum atomic E-state index is 14.5. The van der Waals surface area contributed by atoms with Crippen LogP contribution in [0.1, 0.15) is 67.5 Å². The topological polar surface area (TPSA) is 63.7 Å². The minimum absolute atomic E-state index is 0.0116. The molecule has 0 aliphatic carbocycles. The Morgan fingerprint density at radius 1 is 1.06 bits per heavy atom. The molecule has 31 heavy (non-hydrogen) atoms. The van der Waals surface area contributed by atoms with Gasteiger partial charge in [0.05, 0.1) is 24.1 Å². The number of hydrogen-bond donors (Lipinski definition) is 1. The molecule has 1 aromatic heterocycles. The number of aryl methyl sites for hydroxylation is 1. The molecule has 0 radical (unpaired) electrons. The summed E-state index contributed by atoms with van der Waals surface area (Å²) in [6, 6.07) is 7.79. The van der Waals surface area contributed by atoms with Gasteiger partial charge in [-0.05, 0) is 56.4 Å². The van der Waals surface area contributed by atoms with Gasteiger partial charge in [0.1, 0.15) is 17.3 Å². The molecular formula is C25H29FN2O3. The van der Waals surface area contributed by atoms with Crippen LogP contribution in [0.25, 0.3) is 5.76 Å².